The van der Waals surface area contributed by atoms with Crippen LogP contribution in [0.3, 0.4) is 0 Å². The van der Waals surface area contributed by atoms with Crippen LogP contribution in [0, 0.1) is 5.92 Å². The molecule has 7 nitrogen and oxygen atoms in total. The van der Waals surface area contributed by atoms with E-state index in [0.717, 1.165) is 17.4 Å². The van der Waals surface area contributed by atoms with Gasteiger partial charge in [-0.1, -0.05) is 24.3 Å². The first-order valence-electron chi connectivity index (χ1n) is 9.85. The third-order valence-corrected chi connectivity index (χ3v) is 5.69. The van der Waals surface area contributed by atoms with Crippen LogP contribution in [0.15, 0.2) is 54.6 Å². The van der Waals surface area contributed by atoms with Gasteiger partial charge < -0.3 is 9.47 Å². The summed E-state index contributed by atoms with van der Waals surface area (Å²) in [4.78, 5) is 25.6. The molecule has 2 aromatic rings. The lowest BCUT2D eigenvalue weighted by molar-refractivity contribution is -0.151. The number of allylic oxidation sites excluding steroid dienone is 2. The highest BCUT2D eigenvalue weighted by molar-refractivity contribution is 7.92. The Morgan fingerprint density at radius 2 is 1.87 bits per heavy atom. The number of carbonyl (C=O) groups excluding carboxylic acids is 2. The third-order valence-electron chi connectivity index (χ3n) is 5.09. The fourth-order valence-electron chi connectivity index (χ4n) is 3.75. The van der Waals surface area contributed by atoms with E-state index in [2.05, 4.69) is 4.72 Å². The molecule has 31 heavy (non-hydrogen) atoms. The summed E-state index contributed by atoms with van der Waals surface area (Å²) < 4.78 is 36.0. The second kappa shape index (κ2) is 9.34. The van der Waals surface area contributed by atoms with Crippen LogP contribution in [-0.4, -0.2) is 40.1 Å². The van der Waals surface area contributed by atoms with Crippen LogP contribution >= 0.6 is 0 Å². The molecular formula is C23H25NO6S. The maximum atomic E-state index is 13.0. The van der Waals surface area contributed by atoms with Crippen LogP contribution in [0.4, 0.5) is 5.69 Å². The number of hydrogen-bond donors (Lipinski definition) is 1. The van der Waals surface area contributed by atoms with Gasteiger partial charge >= 0.3 is 5.97 Å². The molecule has 0 unspecified atom stereocenters. The fourth-order valence-corrected chi connectivity index (χ4v) is 4.30. The van der Waals surface area contributed by atoms with Gasteiger partial charge in [0, 0.05) is 11.6 Å². The second-order valence-electron chi connectivity index (χ2n) is 7.34. The molecule has 0 saturated carbocycles. The van der Waals surface area contributed by atoms with E-state index in [0.29, 0.717) is 23.4 Å². The Morgan fingerprint density at radius 1 is 1.16 bits per heavy atom. The van der Waals surface area contributed by atoms with Gasteiger partial charge in [0.05, 0.1) is 20.0 Å². The van der Waals surface area contributed by atoms with Gasteiger partial charge in [0.15, 0.2) is 5.78 Å². The van der Waals surface area contributed by atoms with Crippen molar-refractivity contribution in [3.8, 4) is 5.75 Å². The molecule has 0 fully saturated rings. The van der Waals surface area contributed by atoms with Crippen molar-refractivity contribution < 1.29 is 27.5 Å². The van der Waals surface area contributed by atoms with Crippen molar-refractivity contribution in [1.82, 2.24) is 0 Å². The molecule has 0 amide bonds. The SMILES string of the molecule is CCOC(=O)[C@H]1C(=O)C=C(c2cccc(NS(C)(=O)=O)c2)C[C@@H]1c1ccc(OC)cc1. The average Bonchev–Trinajstić information content (AvgIpc) is 2.72. The number of nitrogens with one attached hydrogen (secondary N) is 1. The first-order chi connectivity index (χ1) is 14.7. The zero-order valence-electron chi connectivity index (χ0n) is 17.6. The molecule has 0 bridgehead atoms. The smallest absolute Gasteiger partial charge is 0.317 e. The predicted octanol–water partition coefficient (Wildman–Crippen LogP) is 3.39. The zero-order valence-corrected chi connectivity index (χ0v) is 18.4. The molecule has 0 spiro atoms. The number of benzene rings is 2. The minimum Gasteiger partial charge on any atom is -0.497 e. The number of ketones is 1. The standard InChI is InChI=1S/C23H25NO6S/c1-4-30-23(26)22-20(15-8-10-19(29-2)11-9-15)13-17(14-21(22)25)16-6-5-7-18(12-16)24-31(3,27)28/h5-12,14,20,22,24H,4,13H2,1-3H3/t20-,22-/m1/s1. The lowest BCUT2D eigenvalue weighted by Gasteiger charge is -2.29. The third kappa shape index (κ3) is 5.52. The molecule has 2 atom stereocenters. The van der Waals surface area contributed by atoms with Crippen molar-refractivity contribution in [3.05, 3.63) is 65.7 Å². The second-order valence-corrected chi connectivity index (χ2v) is 9.09. The molecule has 0 heterocycles. The molecule has 0 aliphatic heterocycles. The number of methoxy groups -OCH3 is 1. The summed E-state index contributed by atoms with van der Waals surface area (Å²) in [6.45, 7) is 1.89. The largest absolute Gasteiger partial charge is 0.497 e. The highest BCUT2D eigenvalue weighted by Crippen LogP contribution is 2.41. The summed E-state index contributed by atoms with van der Waals surface area (Å²) in [5.41, 5.74) is 2.66. The summed E-state index contributed by atoms with van der Waals surface area (Å²) in [6.07, 6.45) is 2.96. The number of hydrogen-bond acceptors (Lipinski definition) is 6. The molecular weight excluding hydrogens is 418 g/mol. The van der Waals surface area contributed by atoms with Crippen LogP contribution < -0.4 is 9.46 Å². The van der Waals surface area contributed by atoms with Gasteiger partial charge in [0.2, 0.25) is 10.0 Å². The van der Waals surface area contributed by atoms with Crippen molar-refractivity contribution in [1.29, 1.82) is 0 Å². The maximum absolute atomic E-state index is 13.0. The molecule has 164 valence electrons. The number of ether oxygens (including phenoxy) is 2. The molecule has 1 aliphatic rings. The van der Waals surface area contributed by atoms with Crippen molar-refractivity contribution in [2.75, 3.05) is 24.7 Å². The minimum atomic E-state index is -3.43. The Morgan fingerprint density at radius 3 is 2.48 bits per heavy atom. The molecule has 2 aromatic carbocycles. The first kappa shape index (κ1) is 22.6. The minimum absolute atomic E-state index is 0.188. The molecule has 3 rings (SSSR count). The molecule has 8 heteroatoms. The first-order valence-corrected chi connectivity index (χ1v) is 11.7. The summed E-state index contributed by atoms with van der Waals surface area (Å²) in [5, 5.41) is 0. The quantitative estimate of drug-likeness (QED) is 0.520. The summed E-state index contributed by atoms with van der Waals surface area (Å²) in [7, 11) is -1.86. The highest BCUT2D eigenvalue weighted by Gasteiger charge is 2.39. The van der Waals surface area contributed by atoms with Gasteiger partial charge in [-0.25, -0.2) is 8.42 Å². The summed E-state index contributed by atoms with van der Waals surface area (Å²) >= 11 is 0. The Balaban J connectivity index is 2.00. The van der Waals surface area contributed by atoms with Crippen LogP contribution in [0.25, 0.3) is 5.57 Å². The lowest BCUT2D eigenvalue weighted by Crippen LogP contribution is -2.34. The van der Waals surface area contributed by atoms with E-state index in [1.54, 1.807) is 44.4 Å². The number of esters is 1. The van der Waals surface area contributed by atoms with E-state index in [1.807, 2.05) is 18.2 Å². The van der Waals surface area contributed by atoms with Crippen molar-refractivity contribution in [3.63, 3.8) is 0 Å². The monoisotopic (exact) mass is 443 g/mol. The Hall–Kier alpha value is -3.13. The Bertz CT molecular complexity index is 1110. The molecule has 0 saturated heterocycles. The normalized spacial score (nSPS) is 18.8. The van der Waals surface area contributed by atoms with Crippen LogP contribution in [-0.2, 0) is 24.3 Å². The number of carbonyl (C=O) groups is 2. The van der Waals surface area contributed by atoms with Gasteiger partial charge in [-0.2, -0.15) is 0 Å². The van der Waals surface area contributed by atoms with Crippen molar-refractivity contribution in [2.45, 2.75) is 19.3 Å². The molecule has 1 aliphatic carbocycles. The lowest BCUT2D eigenvalue weighted by atomic mass is 9.73. The maximum Gasteiger partial charge on any atom is 0.317 e. The van der Waals surface area contributed by atoms with Gasteiger partial charge in [0.25, 0.3) is 0 Å². The molecule has 1 N–H and O–H groups in total. The predicted molar refractivity (Wildman–Crippen MR) is 118 cm³/mol. The summed E-state index contributed by atoms with van der Waals surface area (Å²) in [5.74, 6) is -1.55. The van der Waals surface area contributed by atoms with Crippen LogP contribution in [0.1, 0.15) is 30.4 Å². The van der Waals surface area contributed by atoms with Gasteiger partial charge in [0.1, 0.15) is 11.7 Å². The van der Waals surface area contributed by atoms with E-state index in [1.165, 1.54) is 6.08 Å². The Kier molecular flexibility index (Phi) is 6.80. The zero-order chi connectivity index (χ0) is 22.6. The summed E-state index contributed by atoms with van der Waals surface area (Å²) in [6, 6.07) is 14.1. The van der Waals surface area contributed by atoms with Crippen molar-refractivity contribution in [2.24, 2.45) is 5.92 Å². The van der Waals surface area contributed by atoms with Gasteiger partial charge in [-0.05, 0) is 60.4 Å². The number of sulfonamides is 1. The van der Waals surface area contributed by atoms with E-state index >= 15 is 0 Å². The van der Waals surface area contributed by atoms with Crippen LogP contribution in [0.5, 0.6) is 5.75 Å². The van der Waals surface area contributed by atoms with E-state index < -0.39 is 27.8 Å². The van der Waals surface area contributed by atoms with E-state index in [4.69, 9.17) is 9.47 Å². The van der Waals surface area contributed by atoms with Crippen LogP contribution in [0.2, 0.25) is 0 Å². The van der Waals surface area contributed by atoms with E-state index in [9.17, 15) is 18.0 Å². The highest BCUT2D eigenvalue weighted by atomic mass is 32.2. The molecule has 0 aromatic heterocycles. The van der Waals surface area contributed by atoms with Crippen molar-refractivity contribution >= 4 is 33.0 Å². The topological polar surface area (TPSA) is 98.8 Å². The number of rotatable bonds is 7. The average molecular weight is 444 g/mol. The number of anilines is 1. The van der Waals surface area contributed by atoms with Gasteiger partial charge in [-0.3, -0.25) is 14.3 Å². The van der Waals surface area contributed by atoms with Gasteiger partial charge in [-0.15, -0.1) is 0 Å². The molecule has 0 radical (unpaired) electrons. The van der Waals surface area contributed by atoms with E-state index in [-0.39, 0.29) is 12.4 Å². The Labute approximate surface area is 182 Å². The fraction of sp³-hybridized carbons (Fsp3) is 0.304.